The molecule has 1 fully saturated rings. The summed E-state index contributed by atoms with van der Waals surface area (Å²) in [6.45, 7) is 0.236. The van der Waals surface area contributed by atoms with Crippen LogP contribution in [0.4, 0.5) is 13.2 Å². The van der Waals surface area contributed by atoms with Crippen molar-refractivity contribution in [2.24, 2.45) is 0 Å². The minimum Gasteiger partial charge on any atom is -0.507 e. The molecule has 19 heteroatoms. The molecule has 1 saturated heterocycles. The van der Waals surface area contributed by atoms with Gasteiger partial charge in [0.1, 0.15) is 29.0 Å². The van der Waals surface area contributed by atoms with Crippen LogP contribution >= 0.6 is 0 Å². The van der Waals surface area contributed by atoms with Crippen LogP contribution in [0.15, 0.2) is 18.2 Å². The average Bonchev–Trinajstić information content (AvgIpc) is 3.10. The maximum absolute atomic E-state index is 13.9. The first kappa shape index (κ1) is 40.1. The maximum atomic E-state index is 13.9. The number of Topliss-reactive ketones (excluding diaryl/α,β-unsaturated/α-hetero) is 1. The Morgan fingerprint density at radius 3 is 2.33 bits per heavy atom. The number of esters is 1. The number of benzene rings is 2. The lowest BCUT2D eigenvalue weighted by Gasteiger charge is -2.43. The van der Waals surface area contributed by atoms with Crippen molar-refractivity contribution in [1.82, 2.24) is 5.32 Å². The number of alkyl halides is 3. The second-order valence-corrected chi connectivity index (χ2v) is 13.2. The number of aliphatic hydroxyl groups excluding tert-OH is 1. The Morgan fingerprint density at radius 2 is 1.69 bits per heavy atom. The Kier molecular flexibility index (Phi) is 11.4. The number of carboxylic acids is 1. The molecule has 16 nitrogen and oxygen atoms in total. The number of nitrogens with one attached hydrogen (secondary N) is 1. The van der Waals surface area contributed by atoms with Crippen LogP contribution in [0.25, 0.3) is 0 Å². The standard InChI is InChI=1S/C35H36F3NO15/c1-14-28(44)17(39-33(49)35(36,37)38)10-23(53-14)54-19-12-34(50,20(40)13-52-22(43)9-4-3-8-21(41)42)11-16-25(19)32(48)27-26(30(16)46)29(45)15-6-5-7-18(51-2)24(15)31(27)47/h5-7,14,17,19,23,28,44,46,48,50H,3-4,8-13H2,1-2H3,(H,39,49)(H,41,42)/t14-,17-,19-,23-,28+,34-/m0/s1. The van der Waals surface area contributed by atoms with Gasteiger partial charge in [-0.25, -0.2) is 0 Å². The van der Waals surface area contributed by atoms with Crippen LogP contribution in [0.5, 0.6) is 17.2 Å². The van der Waals surface area contributed by atoms with E-state index in [1.165, 1.54) is 32.2 Å². The molecule has 54 heavy (non-hydrogen) atoms. The Balaban J connectivity index is 1.53. The van der Waals surface area contributed by atoms with Gasteiger partial charge in [-0.1, -0.05) is 12.1 Å². The van der Waals surface area contributed by atoms with Gasteiger partial charge in [-0.05, 0) is 25.8 Å². The summed E-state index contributed by atoms with van der Waals surface area (Å²) in [4.78, 5) is 75.9. The predicted molar refractivity (Wildman–Crippen MR) is 172 cm³/mol. The number of aliphatic hydroxyl groups is 2. The number of hydrogen-bond acceptors (Lipinski definition) is 14. The van der Waals surface area contributed by atoms with E-state index in [2.05, 4.69) is 0 Å². The molecule has 0 radical (unpaired) electrons. The molecule has 0 spiro atoms. The summed E-state index contributed by atoms with van der Waals surface area (Å²) in [7, 11) is 1.23. The number of ether oxygens (including phenoxy) is 4. The molecule has 1 heterocycles. The molecular formula is C35H36F3NO15. The third kappa shape index (κ3) is 7.75. The second-order valence-electron chi connectivity index (χ2n) is 13.2. The highest BCUT2D eigenvalue weighted by Crippen LogP contribution is 2.52. The Labute approximate surface area is 303 Å². The lowest BCUT2D eigenvalue weighted by molar-refractivity contribution is -0.250. The quantitative estimate of drug-likeness (QED) is 0.0875. The summed E-state index contributed by atoms with van der Waals surface area (Å²) in [6, 6.07) is 2.47. The largest absolute Gasteiger partial charge is 0.507 e. The number of phenolic OH excluding ortho intramolecular Hbond substituents is 2. The fourth-order valence-electron chi connectivity index (χ4n) is 6.86. The molecule has 0 saturated carbocycles. The van der Waals surface area contributed by atoms with E-state index in [-0.39, 0.29) is 42.6 Å². The van der Waals surface area contributed by atoms with E-state index >= 15 is 0 Å². The zero-order valence-corrected chi connectivity index (χ0v) is 28.7. The minimum absolute atomic E-state index is 0.0348. The zero-order chi connectivity index (χ0) is 39.9. The monoisotopic (exact) mass is 767 g/mol. The van der Waals surface area contributed by atoms with E-state index in [1.807, 2.05) is 0 Å². The zero-order valence-electron chi connectivity index (χ0n) is 28.7. The molecular weight excluding hydrogens is 731 g/mol. The van der Waals surface area contributed by atoms with Crippen molar-refractivity contribution < 1.29 is 86.4 Å². The number of halogens is 3. The summed E-state index contributed by atoms with van der Waals surface area (Å²) in [5.41, 5.74) is -5.17. The molecule has 292 valence electrons. The Bertz CT molecular complexity index is 1900. The van der Waals surface area contributed by atoms with Gasteiger partial charge in [0.2, 0.25) is 11.6 Å². The van der Waals surface area contributed by atoms with Crippen molar-refractivity contribution in [1.29, 1.82) is 0 Å². The van der Waals surface area contributed by atoms with Gasteiger partial charge in [-0.15, -0.1) is 0 Å². The summed E-state index contributed by atoms with van der Waals surface area (Å²) in [5.74, 6) is -9.20. The van der Waals surface area contributed by atoms with Crippen molar-refractivity contribution in [3.05, 3.63) is 51.6 Å². The number of fused-ring (bicyclic) bond motifs is 3. The van der Waals surface area contributed by atoms with Crippen LogP contribution in [-0.2, 0) is 39.8 Å². The molecule has 6 N–H and O–H groups in total. The van der Waals surface area contributed by atoms with E-state index in [4.69, 9.17) is 24.1 Å². The molecule has 5 rings (SSSR count). The highest BCUT2D eigenvalue weighted by molar-refractivity contribution is 6.31. The van der Waals surface area contributed by atoms with Gasteiger partial charge in [0.05, 0.1) is 42.0 Å². The lowest BCUT2D eigenvalue weighted by Crippen LogP contribution is -2.57. The van der Waals surface area contributed by atoms with Gasteiger partial charge < -0.3 is 49.8 Å². The molecule has 1 aliphatic heterocycles. The summed E-state index contributed by atoms with van der Waals surface area (Å²) < 4.78 is 61.1. The van der Waals surface area contributed by atoms with Crippen LogP contribution in [0.1, 0.15) is 94.5 Å². The Morgan fingerprint density at radius 1 is 1.02 bits per heavy atom. The first-order valence-electron chi connectivity index (χ1n) is 16.7. The van der Waals surface area contributed by atoms with Crippen molar-refractivity contribution >= 4 is 35.2 Å². The maximum Gasteiger partial charge on any atom is 0.471 e. The van der Waals surface area contributed by atoms with Gasteiger partial charge in [0, 0.05) is 48.8 Å². The number of methoxy groups -OCH3 is 1. The van der Waals surface area contributed by atoms with E-state index < -0.39 is 137 Å². The number of carboxylic acid groups (broad SMARTS) is 1. The van der Waals surface area contributed by atoms with Crippen LogP contribution in [0.2, 0.25) is 0 Å². The van der Waals surface area contributed by atoms with Crippen LogP contribution in [-0.4, -0.2) is 111 Å². The number of carbonyl (C=O) groups excluding carboxylic acids is 5. The third-order valence-corrected chi connectivity index (χ3v) is 9.58. The number of aromatic hydroxyl groups is 2. The van der Waals surface area contributed by atoms with Gasteiger partial charge in [0.25, 0.3) is 0 Å². The van der Waals surface area contributed by atoms with E-state index in [1.54, 1.807) is 5.32 Å². The van der Waals surface area contributed by atoms with Gasteiger partial charge in [0.15, 0.2) is 18.7 Å². The number of aliphatic carboxylic acids is 1. The highest BCUT2D eigenvalue weighted by Gasteiger charge is 2.51. The fraction of sp³-hybridized carbons (Fsp3) is 0.486. The molecule has 2 aliphatic carbocycles. The second kappa shape index (κ2) is 15.3. The fourth-order valence-corrected chi connectivity index (χ4v) is 6.86. The van der Waals surface area contributed by atoms with Crippen molar-refractivity contribution in [2.75, 3.05) is 13.7 Å². The molecule has 1 amide bonds. The van der Waals surface area contributed by atoms with E-state index in [0.717, 1.165) is 0 Å². The first-order chi connectivity index (χ1) is 25.3. The Hall–Kier alpha value is -5.11. The summed E-state index contributed by atoms with van der Waals surface area (Å²) >= 11 is 0. The number of hydrogen-bond donors (Lipinski definition) is 6. The molecule has 0 aromatic heterocycles. The van der Waals surface area contributed by atoms with E-state index in [9.17, 15) is 62.4 Å². The van der Waals surface area contributed by atoms with Gasteiger partial charge in [-0.3, -0.25) is 28.8 Å². The number of amides is 1. The topological polar surface area (TPSA) is 253 Å². The normalized spacial score (nSPS) is 24.8. The molecule has 2 aromatic carbocycles. The molecule has 2 aromatic rings. The first-order valence-corrected chi connectivity index (χ1v) is 16.7. The average molecular weight is 768 g/mol. The van der Waals surface area contributed by atoms with Crippen LogP contribution in [0.3, 0.4) is 0 Å². The molecule has 3 aliphatic rings. The smallest absolute Gasteiger partial charge is 0.471 e. The van der Waals surface area contributed by atoms with Crippen molar-refractivity contribution in [2.45, 2.75) is 94.3 Å². The lowest BCUT2D eigenvalue weighted by atomic mass is 9.72. The summed E-state index contributed by atoms with van der Waals surface area (Å²) in [5, 5.41) is 56.1. The van der Waals surface area contributed by atoms with Crippen LogP contribution in [0, 0.1) is 0 Å². The van der Waals surface area contributed by atoms with Crippen LogP contribution < -0.4 is 10.1 Å². The van der Waals surface area contributed by atoms with Gasteiger partial charge >= 0.3 is 24.0 Å². The van der Waals surface area contributed by atoms with Crippen molar-refractivity contribution in [3.63, 3.8) is 0 Å². The van der Waals surface area contributed by atoms with E-state index in [0.29, 0.717) is 0 Å². The van der Waals surface area contributed by atoms with Gasteiger partial charge in [-0.2, -0.15) is 13.2 Å². The third-order valence-electron chi connectivity index (χ3n) is 9.58. The molecule has 6 atom stereocenters. The number of unbranched alkanes of at least 4 members (excludes halogenated alkanes) is 1. The SMILES string of the molecule is COc1cccc2c1C(=O)c1c(O)c3c(c(O)c1C2=O)C[C@@](O)(C(=O)COC(=O)CCCCC(=O)O)C[C@@H]3O[C@H]1C[C@H](NC(=O)C(F)(F)F)[C@H](O)[C@H](C)O1. The summed E-state index contributed by atoms with van der Waals surface area (Å²) in [6.07, 6.45) is -14.0. The predicted octanol–water partition coefficient (Wildman–Crippen LogP) is 1.92. The molecule has 0 bridgehead atoms. The number of phenols is 2. The molecule has 0 unspecified atom stereocenters. The van der Waals surface area contributed by atoms with Crippen molar-refractivity contribution in [3.8, 4) is 17.2 Å². The minimum atomic E-state index is -5.31. The number of rotatable bonds is 12. The number of ketones is 3. The highest BCUT2D eigenvalue weighted by atomic mass is 19.4. The number of carbonyl (C=O) groups is 6.